The maximum Gasteiger partial charge on any atom is 0.305 e. The normalized spacial score (nSPS) is 18.8. The molecule has 2 heterocycles. The van der Waals surface area contributed by atoms with E-state index in [-0.39, 0.29) is 5.97 Å². The van der Waals surface area contributed by atoms with Crippen molar-refractivity contribution < 1.29 is 14.3 Å². The molecule has 5 nitrogen and oxygen atoms in total. The molecule has 0 spiro atoms. The molecule has 0 saturated carbocycles. The lowest BCUT2D eigenvalue weighted by Crippen LogP contribution is -2.48. The SMILES string of the molecule is CCCCC(=O)OCCCN1CCN([C@@H]2Cc3ccccc3Sc3ccc(OC)cc32)CC1. The van der Waals surface area contributed by atoms with Crippen molar-refractivity contribution in [1.82, 2.24) is 9.80 Å². The van der Waals surface area contributed by atoms with Crippen LogP contribution in [0.25, 0.3) is 0 Å². The zero-order chi connectivity index (χ0) is 23.0. The van der Waals surface area contributed by atoms with E-state index in [1.165, 1.54) is 20.9 Å². The first kappa shape index (κ1) is 24.1. The second-order valence-electron chi connectivity index (χ2n) is 8.89. The van der Waals surface area contributed by atoms with Crippen LogP contribution in [0.3, 0.4) is 0 Å². The highest BCUT2D eigenvalue weighted by Gasteiger charge is 2.30. The summed E-state index contributed by atoms with van der Waals surface area (Å²) in [7, 11) is 1.75. The van der Waals surface area contributed by atoms with Gasteiger partial charge < -0.3 is 14.4 Å². The predicted molar refractivity (Wildman–Crippen MR) is 133 cm³/mol. The Bertz CT molecular complexity index is 927. The number of carbonyl (C=O) groups is 1. The van der Waals surface area contributed by atoms with Gasteiger partial charge in [0.05, 0.1) is 13.7 Å². The Labute approximate surface area is 202 Å². The van der Waals surface area contributed by atoms with Crippen molar-refractivity contribution in [2.45, 2.75) is 54.9 Å². The van der Waals surface area contributed by atoms with E-state index in [2.05, 4.69) is 59.2 Å². The molecule has 0 aromatic heterocycles. The van der Waals surface area contributed by atoms with Gasteiger partial charge in [0, 0.05) is 55.0 Å². The zero-order valence-electron chi connectivity index (χ0n) is 19.9. The van der Waals surface area contributed by atoms with Gasteiger partial charge in [-0.3, -0.25) is 9.69 Å². The molecule has 0 unspecified atom stereocenters. The summed E-state index contributed by atoms with van der Waals surface area (Å²) < 4.78 is 10.9. The second-order valence-corrected chi connectivity index (χ2v) is 9.97. The lowest BCUT2D eigenvalue weighted by molar-refractivity contribution is -0.144. The standard InChI is InChI=1S/C27H36N2O3S/c1-3-4-10-27(30)32-18-7-13-28-14-16-29(17-15-28)24-19-21-8-5-6-9-25(21)33-26-12-11-22(31-2)20-23(24)26/h5-6,8-9,11-12,20,24H,3-4,7,10,13-19H2,1-2H3/t24-/m1/s1. The third kappa shape index (κ3) is 6.31. The molecule has 2 aromatic carbocycles. The summed E-state index contributed by atoms with van der Waals surface area (Å²) in [5.74, 6) is 0.875. The smallest absolute Gasteiger partial charge is 0.305 e. The van der Waals surface area contributed by atoms with Crippen LogP contribution >= 0.6 is 11.8 Å². The third-order valence-electron chi connectivity index (χ3n) is 6.65. The maximum atomic E-state index is 11.7. The van der Waals surface area contributed by atoms with Crippen LogP contribution in [0.5, 0.6) is 5.75 Å². The maximum absolute atomic E-state index is 11.7. The Morgan fingerprint density at radius 2 is 1.88 bits per heavy atom. The molecule has 0 radical (unpaired) electrons. The number of piperazine rings is 1. The van der Waals surface area contributed by atoms with Gasteiger partial charge >= 0.3 is 5.97 Å². The molecule has 2 aliphatic heterocycles. The van der Waals surface area contributed by atoms with Gasteiger partial charge in [0.25, 0.3) is 0 Å². The highest BCUT2D eigenvalue weighted by atomic mass is 32.2. The number of hydrogen-bond donors (Lipinski definition) is 0. The zero-order valence-corrected chi connectivity index (χ0v) is 20.7. The van der Waals surface area contributed by atoms with Crippen LogP contribution in [-0.4, -0.2) is 62.2 Å². The van der Waals surface area contributed by atoms with Crippen LogP contribution < -0.4 is 4.74 Å². The van der Waals surface area contributed by atoms with Crippen molar-refractivity contribution in [2.24, 2.45) is 0 Å². The summed E-state index contributed by atoms with van der Waals surface area (Å²) in [6.45, 7) is 7.81. The number of ether oxygens (including phenoxy) is 2. The number of benzene rings is 2. The van der Waals surface area contributed by atoms with E-state index < -0.39 is 0 Å². The topological polar surface area (TPSA) is 42.0 Å². The fourth-order valence-corrected chi connectivity index (χ4v) is 5.82. The number of carbonyl (C=O) groups excluding carboxylic acids is 1. The van der Waals surface area contributed by atoms with Crippen molar-refractivity contribution in [3.63, 3.8) is 0 Å². The van der Waals surface area contributed by atoms with Gasteiger partial charge in [-0.1, -0.05) is 43.3 Å². The fraction of sp³-hybridized carbons (Fsp3) is 0.519. The minimum Gasteiger partial charge on any atom is -0.497 e. The minimum atomic E-state index is -0.0534. The van der Waals surface area contributed by atoms with E-state index in [0.29, 0.717) is 19.1 Å². The quantitative estimate of drug-likeness (QED) is 0.373. The molecular formula is C27H36N2O3S. The van der Waals surface area contributed by atoms with Crippen molar-refractivity contribution in [2.75, 3.05) is 46.4 Å². The van der Waals surface area contributed by atoms with Crippen molar-refractivity contribution in [3.05, 3.63) is 53.6 Å². The van der Waals surface area contributed by atoms with Crippen LogP contribution in [0.1, 0.15) is 49.8 Å². The number of rotatable bonds is 9. The Balaban J connectivity index is 1.36. The Morgan fingerprint density at radius 1 is 1.06 bits per heavy atom. The average Bonchev–Trinajstić information content (AvgIpc) is 3.02. The molecule has 4 rings (SSSR count). The highest BCUT2D eigenvalue weighted by Crippen LogP contribution is 2.44. The van der Waals surface area contributed by atoms with E-state index in [9.17, 15) is 4.79 Å². The van der Waals surface area contributed by atoms with Crippen molar-refractivity contribution >= 4 is 17.7 Å². The third-order valence-corrected chi connectivity index (χ3v) is 7.86. The molecule has 0 aliphatic carbocycles. The van der Waals surface area contributed by atoms with Gasteiger partial charge in [0.1, 0.15) is 5.75 Å². The molecule has 1 fully saturated rings. The summed E-state index contributed by atoms with van der Waals surface area (Å²) in [5.41, 5.74) is 2.80. The number of fused-ring (bicyclic) bond motifs is 2. The molecule has 2 aromatic rings. The molecule has 0 bridgehead atoms. The van der Waals surface area contributed by atoms with Gasteiger partial charge in [-0.2, -0.15) is 0 Å². The summed E-state index contributed by atoms with van der Waals surface area (Å²) in [6, 6.07) is 15.7. The van der Waals surface area contributed by atoms with Gasteiger partial charge in [-0.15, -0.1) is 0 Å². The molecule has 2 aliphatic rings. The van der Waals surface area contributed by atoms with Crippen LogP contribution in [0, 0.1) is 0 Å². The molecule has 6 heteroatoms. The van der Waals surface area contributed by atoms with Crippen LogP contribution in [0.2, 0.25) is 0 Å². The minimum absolute atomic E-state index is 0.0534. The van der Waals surface area contributed by atoms with Crippen molar-refractivity contribution in [1.29, 1.82) is 0 Å². The summed E-state index contributed by atoms with van der Waals surface area (Å²) >= 11 is 1.88. The number of nitrogens with zero attached hydrogens (tertiary/aromatic N) is 2. The molecular weight excluding hydrogens is 432 g/mol. The van der Waals surface area contributed by atoms with Gasteiger partial charge in [-0.25, -0.2) is 0 Å². The van der Waals surface area contributed by atoms with Crippen LogP contribution in [-0.2, 0) is 16.0 Å². The van der Waals surface area contributed by atoms with E-state index >= 15 is 0 Å². The first-order chi connectivity index (χ1) is 16.2. The Morgan fingerprint density at radius 3 is 2.67 bits per heavy atom. The largest absolute Gasteiger partial charge is 0.497 e. The number of esters is 1. The molecule has 0 amide bonds. The molecule has 1 saturated heterocycles. The monoisotopic (exact) mass is 468 g/mol. The van der Waals surface area contributed by atoms with Gasteiger partial charge in [0.15, 0.2) is 0 Å². The van der Waals surface area contributed by atoms with E-state index in [0.717, 1.165) is 64.2 Å². The number of unbranched alkanes of at least 4 members (excludes halogenated alkanes) is 1. The van der Waals surface area contributed by atoms with E-state index in [4.69, 9.17) is 9.47 Å². The lowest BCUT2D eigenvalue weighted by atomic mass is 9.96. The number of hydrogen-bond acceptors (Lipinski definition) is 6. The van der Waals surface area contributed by atoms with Gasteiger partial charge in [-0.05, 0) is 54.7 Å². The molecule has 33 heavy (non-hydrogen) atoms. The molecule has 178 valence electrons. The van der Waals surface area contributed by atoms with Crippen LogP contribution in [0.4, 0.5) is 0 Å². The summed E-state index contributed by atoms with van der Waals surface area (Å²) in [6.07, 6.45) is 4.43. The lowest BCUT2D eigenvalue weighted by Gasteiger charge is -2.39. The first-order valence-corrected chi connectivity index (χ1v) is 13.0. The summed E-state index contributed by atoms with van der Waals surface area (Å²) in [5, 5.41) is 0. The summed E-state index contributed by atoms with van der Waals surface area (Å²) in [4.78, 5) is 19.5. The van der Waals surface area contributed by atoms with Crippen LogP contribution in [0.15, 0.2) is 52.3 Å². The first-order valence-electron chi connectivity index (χ1n) is 12.2. The van der Waals surface area contributed by atoms with Crippen molar-refractivity contribution in [3.8, 4) is 5.75 Å². The molecule has 0 N–H and O–H groups in total. The highest BCUT2D eigenvalue weighted by molar-refractivity contribution is 7.99. The van der Waals surface area contributed by atoms with E-state index in [1.54, 1.807) is 7.11 Å². The Kier molecular flexibility index (Phi) is 8.70. The molecule has 1 atom stereocenters. The Hall–Kier alpha value is -2.02. The predicted octanol–water partition coefficient (Wildman–Crippen LogP) is 5.18. The van der Waals surface area contributed by atoms with Gasteiger partial charge in [0.2, 0.25) is 0 Å². The number of methoxy groups -OCH3 is 1. The average molecular weight is 469 g/mol. The second kappa shape index (κ2) is 11.9. The fourth-order valence-electron chi connectivity index (χ4n) is 4.71. The van der Waals surface area contributed by atoms with E-state index in [1.807, 2.05) is 11.8 Å².